The number of nitrogens with two attached hydrogens (primary N) is 1. The molecular weight excluding hydrogens is 296 g/mol. The molecule has 0 unspecified atom stereocenters. The molecule has 9 heteroatoms. The molecule has 0 aliphatic carbocycles. The summed E-state index contributed by atoms with van der Waals surface area (Å²) < 4.78 is 5.40. The maximum atomic E-state index is 5.50. The number of rotatable bonds is 3. The van der Waals surface area contributed by atoms with E-state index in [9.17, 15) is 0 Å². The number of imidazole rings is 1. The highest BCUT2D eigenvalue weighted by atomic mass is 16.5. The van der Waals surface area contributed by atoms with Gasteiger partial charge in [-0.25, -0.2) is 10.8 Å². The lowest BCUT2D eigenvalue weighted by atomic mass is 10.2. The van der Waals surface area contributed by atoms with E-state index in [4.69, 9.17) is 10.6 Å². The zero-order valence-electron chi connectivity index (χ0n) is 12.4. The Kier molecular flexibility index (Phi) is 3.48. The molecule has 1 saturated heterocycles. The minimum absolute atomic E-state index is 0.351. The standard InChI is InChI=1S/C14H16N8O/c15-21-14-19-12-10(13(20-14)22-5-7-23-8-6-22)17-11(18-12)9-1-3-16-4-2-9/h1-4H,5-8,15H2,(H2,17,18,19,20,21). The minimum Gasteiger partial charge on any atom is -0.378 e. The number of nitrogen functional groups attached to an aromatic ring is 1. The van der Waals surface area contributed by atoms with Crippen molar-refractivity contribution in [2.75, 3.05) is 36.6 Å². The Balaban J connectivity index is 1.85. The van der Waals surface area contributed by atoms with Crippen LogP contribution >= 0.6 is 0 Å². The van der Waals surface area contributed by atoms with Gasteiger partial charge in [-0.3, -0.25) is 10.4 Å². The summed E-state index contributed by atoms with van der Waals surface area (Å²) in [6, 6.07) is 3.78. The quantitative estimate of drug-likeness (QED) is 0.474. The predicted molar refractivity (Wildman–Crippen MR) is 85.8 cm³/mol. The molecule has 0 atom stereocenters. The summed E-state index contributed by atoms with van der Waals surface area (Å²) in [5.41, 5.74) is 4.81. The van der Waals surface area contributed by atoms with Crippen LogP contribution in [0.5, 0.6) is 0 Å². The number of aromatic nitrogens is 5. The summed E-state index contributed by atoms with van der Waals surface area (Å²) in [4.78, 5) is 22.9. The molecule has 1 aliphatic heterocycles. The van der Waals surface area contributed by atoms with Crippen molar-refractivity contribution in [3.8, 4) is 11.4 Å². The summed E-state index contributed by atoms with van der Waals surface area (Å²) in [6.45, 7) is 2.85. The average molecular weight is 312 g/mol. The fourth-order valence-electron chi connectivity index (χ4n) is 2.59. The number of morpholine rings is 1. The molecule has 0 aromatic carbocycles. The smallest absolute Gasteiger partial charge is 0.241 e. The Morgan fingerprint density at radius 1 is 1.13 bits per heavy atom. The van der Waals surface area contributed by atoms with Gasteiger partial charge in [0.15, 0.2) is 17.0 Å². The van der Waals surface area contributed by atoms with Crippen LogP contribution in [0.1, 0.15) is 0 Å². The van der Waals surface area contributed by atoms with Crippen LogP contribution in [0.15, 0.2) is 24.5 Å². The maximum absolute atomic E-state index is 5.50. The first-order chi connectivity index (χ1) is 11.3. The predicted octanol–water partition coefficient (Wildman–Crippen LogP) is 0.537. The van der Waals surface area contributed by atoms with Gasteiger partial charge in [0.1, 0.15) is 5.82 Å². The van der Waals surface area contributed by atoms with Crippen LogP contribution in [0.25, 0.3) is 22.6 Å². The average Bonchev–Trinajstić information content (AvgIpc) is 3.06. The summed E-state index contributed by atoms with van der Waals surface area (Å²) in [5, 5.41) is 0. The highest BCUT2D eigenvalue weighted by Crippen LogP contribution is 2.27. The van der Waals surface area contributed by atoms with E-state index in [1.165, 1.54) is 0 Å². The molecule has 0 saturated carbocycles. The Morgan fingerprint density at radius 3 is 2.65 bits per heavy atom. The number of fused-ring (bicyclic) bond motifs is 1. The highest BCUT2D eigenvalue weighted by molar-refractivity contribution is 5.87. The third kappa shape index (κ3) is 2.56. The second-order valence-corrected chi connectivity index (χ2v) is 5.13. The third-order valence-electron chi connectivity index (χ3n) is 3.72. The van der Waals surface area contributed by atoms with Crippen LogP contribution in [0.2, 0.25) is 0 Å². The fourth-order valence-corrected chi connectivity index (χ4v) is 2.59. The van der Waals surface area contributed by atoms with Gasteiger partial charge in [0.2, 0.25) is 5.95 Å². The normalized spacial score (nSPS) is 15.1. The van der Waals surface area contributed by atoms with E-state index >= 15 is 0 Å². The van der Waals surface area contributed by atoms with Crippen LogP contribution in [0.3, 0.4) is 0 Å². The number of hydrogen-bond donors (Lipinski definition) is 3. The Hall–Kier alpha value is -2.78. The number of ether oxygens (including phenoxy) is 1. The lowest BCUT2D eigenvalue weighted by Gasteiger charge is -2.27. The van der Waals surface area contributed by atoms with Gasteiger partial charge in [-0.05, 0) is 12.1 Å². The van der Waals surface area contributed by atoms with Gasteiger partial charge < -0.3 is 14.6 Å². The molecule has 4 heterocycles. The molecule has 118 valence electrons. The SMILES string of the molecule is NNc1nc(N2CCOCC2)c2nc(-c3ccncc3)[nH]c2n1. The van der Waals surface area contributed by atoms with Gasteiger partial charge in [0, 0.05) is 31.0 Å². The topological polar surface area (TPSA) is 118 Å². The van der Waals surface area contributed by atoms with Crippen molar-refractivity contribution in [1.29, 1.82) is 0 Å². The van der Waals surface area contributed by atoms with Crippen LogP contribution in [-0.4, -0.2) is 51.2 Å². The highest BCUT2D eigenvalue weighted by Gasteiger charge is 2.20. The van der Waals surface area contributed by atoms with E-state index in [0.717, 1.165) is 35.8 Å². The monoisotopic (exact) mass is 312 g/mol. The zero-order chi connectivity index (χ0) is 15.6. The van der Waals surface area contributed by atoms with Crippen molar-refractivity contribution < 1.29 is 4.74 Å². The summed E-state index contributed by atoms with van der Waals surface area (Å²) in [5.74, 6) is 7.32. The number of nitrogens with one attached hydrogen (secondary N) is 2. The molecule has 1 aliphatic rings. The van der Waals surface area contributed by atoms with Gasteiger partial charge in [0.05, 0.1) is 13.2 Å². The first-order valence-electron chi connectivity index (χ1n) is 7.32. The van der Waals surface area contributed by atoms with E-state index < -0.39 is 0 Å². The molecule has 9 nitrogen and oxygen atoms in total. The van der Waals surface area contributed by atoms with Crippen molar-refractivity contribution in [1.82, 2.24) is 24.9 Å². The van der Waals surface area contributed by atoms with Gasteiger partial charge in [-0.1, -0.05) is 0 Å². The van der Waals surface area contributed by atoms with E-state index in [2.05, 4.69) is 35.2 Å². The minimum atomic E-state index is 0.351. The van der Waals surface area contributed by atoms with Crippen LogP contribution in [0.4, 0.5) is 11.8 Å². The molecule has 0 spiro atoms. The number of hydrogen-bond acceptors (Lipinski definition) is 8. The number of hydrazine groups is 1. The number of H-pyrrole nitrogens is 1. The number of nitrogens with zero attached hydrogens (tertiary/aromatic N) is 5. The number of pyridine rings is 1. The third-order valence-corrected chi connectivity index (χ3v) is 3.72. The molecule has 3 aromatic rings. The number of aromatic amines is 1. The lowest BCUT2D eigenvalue weighted by molar-refractivity contribution is 0.122. The van der Waals surface area contributed by atoms with Crippen molar-refractivity contribution in [3.63, 3.8) is 0 Å². The Bertz CT molecular complexity index is 812. The molecule has 0 bridgehead atoms. The molecule has 0 amide bonds. The number of anilines is 2. The second-order valence-electron chi connectivity index (χ2n) is 5.13. The summed E-state index contributed by atoms with van der Waals surface area (Å²) >= 11 is 0. The van der Waals surface area contributed by atoms with Crippen LogP contribution in [0, 0.1) is 0 Å². The van der Waals surface area contributed by atoms with Crippen molar-refractivity contribution in [3.05, 3.63) is 24.5 Å². The van der Waals surface area contributed by atoms with Gasteiger partial charge >= 0.3 is 0 Å². The molecule has 23 heavy (non-hydrogen) atoms. The molecule has 4 N–H and O–H groups in total. The Morgan fingerprint density at radius 2 is 1.91 bits per heavy atom. The first-order valence-corrected chi connectivity index (χ1v) is 7.32. The maximum Gasteiger partial charge on any atom is 0.241 e. The molecular formula is C14H16N8O. The summed E-state index contributed by atoms with van der Waals surface area (Å²) in [7, 11) is 0. The summed E-state index contributed by atoms with van der Waals surface area (Å²) in [6.07, 6.45) is 3.45. The van der Waals surface area contributed by atoms with E-state index in [1.54, 1.807) is 12.4 Å². The van der Waals surface area contributed by atoms with Crippen molar-refractivity contribution in [2.45, 2.75) is 0 Å². The molecule has 1 fully saturated rings. The van der Waals surface area contributed by atoms with Crippen molar-refractivity contribution in [2.24, 2.45) is 5.84 Å². The van der Waals surface area contributed by atoms with Gasteiger partial charge in [-0.15, -0.1) is 0 Å². The van der Waals surface area contributed by atoms with E-state index in [-0.39, 0.29) is 0 Å². The van der Waals surface area contributed by atoms with Crippen molar-refractivity contribution >= 4 is 22.9 Å². The van der Waals surface area contributed by atoms with E-state index in [1.807, 2.05) is 12.1 Å². The molecule has 3 aromatic heterocycles. The van der Waals surface area contributed by atoms with Gasteiger partial charge in [0.25, 0.3) is 0 Å². The van der Waals surface area contributed by atoms with Crippen LogP contribution < -0.4 is 16.2 Å². The molecule has 4 rings (SSSR count). The first kappa shape index (κ1) is 13.9. The second kappa shape index (κ2) is 5.78. The van der Waals surface area contributed by atoms with Crippen LogP contribution in [-0.2, 0) is 4.74 Å². The lowest BCUT2D eigenvalue weighted by Crippen LogP contribution is -2.37. The van der Waals surface area contributed by atoms with E-state index in [0.29, 0.717) is 24.8 Å². The largest absolute Gasteiger partial charge is 0.378 e. The van der Waals surface area contributed by atoms with Gasteiger partial charge in [-0.2, -0.15) is 9.97 Å². The fraction of sp³-hybridized carbons (Fsp3) is 0.286. The Labute approximate surface area is 131 Å². The zero-order valence-corrected chi connectivity index (χ0v) is 12.4. The molecule has 0 radical (unpaired) electrons.